The molecule has 54 valence electrons. The summed E-state index contributed by atoms with van der Waals surface area (Å²) in [5, 5.41) is 15.6. The Kier molecular flexibility index (Phi) is 2.97. The van der Waals surface area contributed by atoms with Gasteiger partial charge in [0.2, 0.25) is 0 Å². The summed E-state index contributed by atoms with van der Waals surface area (Å²) in [7, 11) is 0. The van der Waals surface area contributed by atoms with E-state index in [1.165, 1.54) is 12.2 Å². The molecule has 0 aromatic carbocycles. The first-order valence-electron chi connectivity index (χ1n) is 2.64. The molecule has 0 radical (unpaired) electrons. The molecule has 0 unspecified atom stereocenters. The zero-order valence-electron chi connectivity index (χ0n) is 5.59. The third-order valence-corrected chi connectivity index (χ3v) is 0.853. The minimum atomic E-state index is -0.134. The van der Waals surface area contributed by atoms with Crippen molar-refractivity contribution in [2.75, 3.05) is 0 Å². The molecular formula is C7H10N2O. The number of nitrogens with one attached hydrogen (secondary N) is 1. The number of allylic oxidation sites excluding steroid dienone is 1. The lowest BCUT2D eigenvalue weighted by Crippen LogP contribution is -2.11. The van der Waals surface area contributed by atoms with Gasteiger partial charge >= 0.3 is 0 Å². The molecule has 0 aliphatic carbocycles. The minimum Gasteiger partial charge on any atom is -0.509 e. The van der Waals surface area contributed by atoms with Gasteiger partial charge in [0.25, 0.3) is 0 Å². The first kappa shape index (κ1) is 8.49. The number of nitrogens with two attached hydrogens (primary N) is 1. The number of amidine groups is 1. The van der Waals surface area contributed by atoms with E-state index in [9.17, 15) is 0 Å². The second kappa shape index (κ2) is 3.50. The molecule has 0 aromatic heterocycles. The van der Waals surface area contributed by atoms with E-state index in [4.69, 9.17) is 16.2 Å². The van der Waals surface area contributed by atoms with Crippen LogP contribution in [0.4, 0.5) is 0 Å². The lowest BCUT2D eigenvalue weighted by molar-refractivity contribution is 0.435. The molecule has 0 bridgehead atoms. The smallest absolute Gasteiger partial charge is 0.122 e. The SMILES string of the molecule is C=C/C(=C\C(=C)O)C(=N)N. The van der Waals surface area contributed by atoms with E-state index in [0.29, 0.717) is 5.57 Å². The Bertz CT molecular complexity index is 204. The van der Waals surface area contributed by atoms with E-state index in [1.807, 2.05) is 0 Å². The molecule has 0 saturated heterocycles. The molecule has 0 aliphatic rings. The molecule has 0 heterocycles. The van der Waals surface area contributed by atoms with Crippen LogP contribution in [0.5, 0.6) is 0 Å². The molecule has 0 rings (SSSR count). The number of aliphatic hydroxyl groups excluding tert-OH is 1. The van der Waals surface area contributed by atoms with Crippen LogP contribution in [-0.4, -0.2) is 10.9 Å². The van der Waals surface area contributed by atoms with Gasteiger partial charge in [0, 0.05) is 5.57 Å². The summed E-state index contributed by atoms with van der Waals surface area (Å²) in [4.78, 5) is 0. The number of rotatable bonds is 3. The normalized spacial score (nSPS) is 10.6. The van der Waals surface area contributed by atoms with Gasteiger partial charge in [-0.2, -0.15) is 0 Å². The van der Waals surface area contributed by atoms with Crippen LogP contribution in [0.15, 0.2) is 36.6 Å². The number of hydrogen-bond acceptors (Lipinski definition) is 2. The van der Waals surface area contributed by atoms with Crippen LogP contribution < -0.4 is 5.73 Å². The molecule has 0 atom stereocenters. The molecule has 0 spiro atoms. The third-order valence-electron chi connectivity index (χ3n) is 0.853. The van der Waals surface area contributed by atoms with Crippen LogP contribution in [0.3, 0.4) is 0 Å². The highest BCUT2D eigenvalue weighted by atomic mass is 16.3. The number of aliphatic hydroxyl groups is 1. The van der Waals surface area contributed by atoms with Crippen LogP contribution in [0.25, 0.3) is 0 Å². The van der Waals surface area contributed by atoms with Gasteiger partial charge in [-0.1, -0.05) is 19.2 Å². The van der Waals surface area contributed by atoms with Crippen molar-refractivity contribution in [3.8, 4) is 0 Å². The van der Waals surface area contributed by atoms with Gasteiger partial charge in [-0.15, -0.1) is 0 Å². The Morgan fingerprint density at radius 1 is 1.60 bits per heavy atom. The van der Waals surface area contributed by atoms with Gasteiger partial charge in [-0.3, -0.25) is 5.41 Å². The van der Waals surface area contributed by atoms with Crippen molar-refractivity contribution in [2.45, 2.75) is 0 Å². The molecule has 4 N–H and O–H groups in total. The molecule has 0 amide bonds. The molecule has 0 aliphatic heterocycles. The predicted octanol–water partition coefficient (Wildman–Crippen LogP) is 1.11. The van der Waals surface area contributed by atoms with Gasteiger partial charge in [0.05, 0.1) is 0 Å². The van der Waals surface area contributed by atoms with Crippen LogP contribution in [0, 0.1) is 5.41 Å². The Balaban J connectivity index is 4.49. The summed E-state index contributed by atoms with van der Waals surface area (Å²) in [6, 6.07) is 0. The van der Waals surface area contributed by atoms with Gasteiger partial charge in [0.1, 0.15) is 11.6 Å². The molecule has 0 saturated carbocycles. The van der Waals surface area contributed by atoms with E-state index < -0.39 is 0 Å². The van der Waals surface area contributed by atoms with Crippen LogP contribution in [0.2, 0.25) is 0 Å². The highest BCUT2D eigenvalue weighted by Gasteiger charge is 1.93. The monoisotopic (exact) mass is 138 g/mol. The molecule has 10 heavy (non-hydrogen) atoms. The maximum Gasteiger partial charge on any atom is 0.122 e. The minimum absolute atomic E-state index is 0.134. The lowest BCUT2D eigenvalue weighted by Gasteiger charge is -1.95. The highest BCUT2D eigenvalue weighted by molar-refractivity contribution is 5.97. The fourth-order valence-electron chi connectivity index (χ4n) is 0.426. The molecule has 3 heteroatoms. The van der Waals surface area contributed by atoms with Crippen LogP contribution in [-0.2, 0) is 0 Å². The fourth-order valence-corrected chi connectivity index (χ4v) is 0.426. The van der Waals surface area contributed by atoms with Crippen molar-refractivity contribution in [3.05, 3.63) is 36.6 Å². The first-order valence-corrected chi connectivity index (χ1v) is 2.64. The maximum absolute atomic E-state index is 8.63. The van der Waals surface area contributed by atoms with Crippen molar-refractivity contribution >= 4 is 5.84 Å². The van der Waals surface area contributed by atoms with E-state index >= 15 is 0 Å². The van der Waals surface area contributed by atoms with Crippen molar-refractivity contribution in [3.63, 3.8) is 0 Å². The summed E-state index contributed by atoms with van der Waals surface area (Å²) >= 11 is 0. The van der Waals surface area contributed by atoms with Crippen molar-refractivity contribution in [1.29, 1.82) is 5.41 Å². The zero-order valence-corrected chi connectivity index (χ0v) is 5.59. The first-order chi connectivity index (χ1) is 4.57. The fraction of sp³-hybridized carbons (Fsp3) is 0. The second-order valence-electron chi connectivity index (χ2n) is 1.71. The average molecular weight is 138 g/mol. The number of hydrogen-bond donors (Lipinski definition) is 3. The van der Waals surface area contributed by atoms with Gasteiger partial charge in [-0.05, 0) is 6.08 Å². The van der Waals surface area contributed by atoms with Crippen LogP contribution in [0.1, 0.15) is 0 Å². The van der Waals surface area contributed by atoms with Gasteiger partial charge in [0.15, 0.2) is 0 Å². The zero-order chi connectivity index (χ0) is 8.15. The Hall–Kier alpha value is -1.51. The van der Waals surface area contributed by atoms with E-state index in [-0.39, 0.29) is 11.6 Å². The van der Waals surface area contributed by atoms with Gasteiger partial charge < -0.3 is 10.8 Å². The quantitative estimate of drug-likeness (QED) is 0.236. The van der Waals surface area contributed by atoms with E-state index in [1.54, 1.807) is 0 Å². The predicted molar refractivity (Wildman–Crippen MR) is 42.0 cm³/mol. The van der Waals surface area contributed by atoms with Gasteiger partial charge in [-0.25, -0.2) is 0 Å². The summed E-state index contributed by atoms with van der Waals surface area (Å²) in [5.74, 6) is -0.268. The Labute approximate surface area is 59.7 Å². The standard InChI is InChI=1S/C7H10N2O/c1-3-6(7(8)9)4-5(2)10/h3-4,10H,1-2H2,(H3,8,9)/b6-4+. The topological polar surface area (TPSA) is 70.1 Å². The highest BCUT2D eigenvalue weighted by Crippen LogP contribution is 1.97. The molecule has 0 fully saturated rings. The molecule has 3 nitrogen and oxygen atoms in total. The van der Waals surface area contributed by atoms with E-state index in [0.717, 1.165) is 0 Å². The van der Waals surface area contributed by atoms with Crippen molar-refractivity contribution < 1.29 is 5.11 Å². The maximum atomic E-state index is 8.63. The second-order valence-corrected chi connectivity index (χ2v) is 1.71. The Morgan fingerprint density at radius 2 is 2.10 bits per heavy atom. The summed E-state index contributed by atoms with van der Waals surface area (Å²) in [6.45, 7) is 6.60. The molecule has 0 aromatic rings. The Morgan fingerprint density at radius 3 is 2.20 bits per heavy atom. The van der Waals surface area contributed by atoms with Crippen LogP contribution >= 0.6 is 0 Å². The average Bonchev–Trinajstić information content (AvgIpc) is 1.81. The lowest BCUT2D eigenvalue weighted by atomic mass is 10.2. The van der Waals surface area contributed by atoms with E-state index in [2.05, 4.69) is 13.2 Å². The summed E-state index contributed by atoms with van der Waals surface area (Å²) in [5.41, 5.74) is 5.46. The van der Waals surface area contributed by atoms with Crippen molar-refractivity contribution in [2.24, 2.45) is 5.73 Å². The summed E-state index contributed by atoms with van der Waals surface area (Å²) < 4.78 is 0. The summed E-state index contributed by atoms with van der Waals surface area (Å²) in [6.07, 6.45) is 2.65. The van der Waals surface area contributed by atoms with Crippen molar-refractivity contribution in [1.82, 2.24) is 0 Å². The largest absolute Gasteiger partial charge is 0.509 e. The third kappa shape index (κ3) is 2.71. The molecular weight excluding hydrogens is 128 g/mol.